The summed E-state index contributed by atoms with van der Waals surface area (Å²) in [7, 11) is -15.3. The number of phenols is 1. The monoisotopic (exact) mass is 1950 g/mol. The van der Waals surface area contributed by atoms with E-state index in [2.05, 4.69) is 83.5 Å². The van der Waals surface area contributed by atoms with Crippen LogP contribution in [-0.2, 0) is 91.1 Å². The van der Waals surface area contributed by atoms with Crippen molar-refractivity contribution in [2.75, 3.05) is 110 Å². The Morgan fingerprint density at radius 3 is 1.21 bits per heavy atom. The van der Waals surface area contributed by atoms with E-state index in [0.29, 0.717) is 113 Å². The molecule has 678 valence electrons. The molecule has 8 aromatic carbocycles. The van der Waals surface area contributed by atoms with E-state index in [0.717, 1.165) is 102 Å². The Labute approximate surface area is 773 Å². The van der Waals surface area contributed by atoms with Crippen LogP contribution in [0.15, 0.2) is 230 Å². The quantitative estimate of drug-likeness (QED) is 0.0473. The molecule has 4 aromatic heterocycles. The van der Waals surface area contributed by atoms with Crippen LogP contribution in [0.3, 0.4) is 0 Å². The Hall–Kier alpha value is -11.5. The molecule has 29 nitrogen and oxygen atoms in total. The summed E-state index contributed by atoms with van der Waals surface area (Å²) >= 11 is 16.6. The number of halogens is 5. The van der Waals surface area contributed by atoms with Crippen LogP contribution in [0.25, 0.3) is 0 Å². The second-order valence-corrected chi connectivity index (χ2v) is 42.3. The van der Waals surface area contributed by atoms with Crippen molar-refractivity contribution in [3.05, 3.63) is 254 Å². The first-order valence-corrected chi connectivity index (χ1v) is 51.0. The van der Waals surface area contributed by atoms with Crippen molar-refractivity contribution in [3.63, 3.8) is 0 Å². The van der Waals surface area contributed by atoms with Gasteiger partial charge in [-0.3, -0.25) is 38.1 Å². The molecule has 20 rings (SSSR count). The summed E-state index contributed by atoms with van der Waals surface area (Å²) in [6.07, 6.45) is 7.00. The molecule has 12 heterocycles. The highest BCUT2D eigenvalue weighted by Crippen LogP contribution is 2.44. The Bertz CT molecular complexity index is 6340. The lowest BCUT2D eigenvalue weighted by molar-refractivity contribution is -0.140. The van der Waals surface area contributed by atoms with Crippen molar-refractivity contribution < 1.29 is 76.8 Å². The number of fused-ring (bicyclic) bond motifs is 4. The van der Waals surface area contributed by atoms with Crippen molar-refractivity contribution >= 4 is 198 Å². The zero-order valence-electron chi connectivity index (χ0n) is 68.4. The topological polar surface area (TPSA) is 351 Å². The molecule has 5 N–H and O–H groups in total. The summed E-state index contributed by atoms with van der Waals surface area (Å²) in [5.41, 5.74) is 11.1. The van der Waals surface area contributed by atoms with E-state index >= 15 is 0 Å². The van der Waals surface area contributed by atoms with Crippen molar-refractivity contribution in [2.45, 2.75) is 115 Å². The third-order valence-electron chi connectivity index (χ3n) is 23.4. The van der Waals surface area contributed by atoms with E-state index in [1.165, 1.54) is 118 Å². The number of alkyl halides is 3. The molecule has 4 atom stereocenters. The summed E-state index contributed by atoms with van der Waals surface area (Å²) in [6, 6.07) is 47.1. The van der Waals surface area contributed by atoms with Gasteiger partial charge < -0.3 is 44.3 Å². The third-order valence-corrected chi connectivity index (χ3v) is 32.8. The number of nitrogens with one attached hydrogen (secondary N) is 4. The number of hydrogen-bond acceptors (Lipinski definition) is 25. The van der Waals surface area contributed by atoms with Crippen LogP contribution in [0.1, 0.15) is 71.3 Å². The fraction of sp³-hybridized carbons (Fsp3) is 0.264. The number of carbonyl (C=O) groups excluding carboxylic acids is 4. The highest BCUT2D eigenvalue weighted by atomic mass is 35.5. The highest BCUT2D eigenvalue weighted by molar-refractivity contribution is 7.94. The van der Waals surface area contributed by atoms with Gasteiger partial charge in [0, 0.05) is 159 Å². The number of rotatable bonds is 20. The molecule has 4 fully saturated rings. The number of hydrogen-bond donors (Lipinski definition) is 5. The molecule has 129 heavy (non-hydrogen) atoms. The van der Waals surface area contributed by atoms with Gasteiger partial charge in [-0.15, -0.1) is 45.3 Å². The van der Waals surface area contributed by atoms with E-state index < -0.39 is 52.0 Å². The van der Waals surface area contributed by atoms with Crippen LogP contribution in [0.2, 0.25) is 10.0 Å². The van der Waals surface area contributed by atoms with Gasteiger partial charge in [-0.2, -0.15) is 13.2 Å². The molecule has 0 saturated carbocycles. The standard InChI is InChI=1S/C23H20ClF3N4O3S2.C22H22N4O3S2.C21H19ClN4O3S2.C21H20N4O4S2.4H2/c24-15-3-8-18-14(12-15)2-1-10-31(18)19-9-11-30(21(19)32)16-4-6-17(7-5-16)36(33,34)29-22-28-20(13-35-22)23(25,26)27;1-15-2-3-16-8-11-26(20(16)14-15)19-9-12-25(21(19)27)17-4-6-18(7-5-17)31(28,29)24-22-23-10-13-30-22;22-17-2-1-3-18-16(17)8-11-26(18)19-9-12-25(20(19)27)14-4-6-15(7-5-14)31(28,29)24-21-23-10-13-30-21;26-19-3-1-2-17-16(19)8-11-25(17)18-9-12-24(20(18)27)14-4-6-15(7-5-14)31(28,29)23-21-22-10-13-30-21;;;;/h3-8,12-13,19H,1-2,9-11H2,(H,28,29);2-7,10,13-14,19H,8-9,11-12H2,1H3,(H,23,24);1-7,10,13,19H,8-9,11-12H2,(H,23,24);1-7,10,13,18,26H,8-9,11-12H2,(H,22,23);4*1H/t3*19-;18-;;;;/m0000..../s1. The van der Waals surface area contributed by atoms with Crippen molar-refractivity contribution in [2.24, 2.45) is 0 Å². The van der Waals surface area contributed by atoms with Crippen molar-refractivity contribution in [1.82, 2.24) is 19.9 Å². The van der Waals surface area contributed by atoms with E-state index in [1.807, 2.05) is 42.5 Å². The van der Waals surface area contributed by atoms with E-state index in [4.69, 9.17) is 23.2 Å². The molecule has 42 heteroatoms. The zero-order valence-corrected chi connectivity index (χ0v) is 76.4. The van der Waals surface area contributed by atoms with Gasteiger partial charge in [0.15, 0.2) is 26.2 Å². The minimum absolute atomic E-state index is 0. The number of carbonyl (C=O) groups is 4. The molecule has 8 aliphatic rings. The first-order chi connectivity index (χ1) is 61.8. The van der Waals surface area contributed by atoms with Gasteiger partial charge in [0.1, 0.15) is 29.9 Å². The average Bonchev–Trinajstić information content (AvgIpc) is 1.65. The molecule has 0 radical (unpaired) electrons. The predicted molar refractivity (Wildman–Crippen MR) is 505 cm³/mol. The summed E-state index contributed by atoms with van der Waals surface area (Å²) in [5.74, 6) is 0.252. The predicted octanol–water partition coefficient (Wildman–Crippen LogP) is 16.2. The van der Waals surface area contributed by atoms with E-state index in [1.54, 1.807) is 90.5 Å². The minimum Gasteiger partial charge on any atom is -0.508 e. The lowest BCUT2D eigenvalue weighted by Crippen LogP contribution is -2.44. The maximum absolute atomic E-state index is 13.3. The van der Waals surface area contributed by atoms with Gasteiger partial charge in [-0.05, 0) is 233 Å². The van der Waals surface area contributed by atoms with Crippen LogP contribution in [0.4, 0.5) is 79.2 Å². The van der Waals surface area contributed by atoms with Gasteiger partial charge in [0.2, 0.25) is 23.6 Å². The van der Waals surface area contributed by atoms with Crippen LogP contribution < -0.4 is 58.1 Å². The van der Waals surface area contributed by atoms with E-state index in [9.17, 15) is 71.1 Å². The van der Waals surface area contributed by atoms with Crippen molar-refractivity contribution in [1.29, 1.82) is 0 Å². The number of nitrogens with zero attached hydrogens (tertiary/aromatic N) is 12. The van der Waals surface area contributed by atoms with Crippen LogP contribution >= 0.6 is 68.5 Å². The number of aromatic nitrogens is 4. The fourth-order valence-electron chi connectivity index (χ4n) is 17.3. The molecule has 12 aromatic rings. The van der Waals surface area contributed by atoms with Gasteiger partial charge in [-0.1, -0.05) is 47.5 Å². The molecule has 4 saturated heterocycles. The first kappa shape index (κ1) is 89.5. The van der Waals surface area contributed by atoms with Crippen molar-refractivity contribution in [3.8, 4) is 5.75 Å². The Balaban J connectivity index is 0.000000149. The molecule has 0 unspecified atom stereocenters. The van der Waals surface area contributed by atoms with Gasteiger partial charge >= 0.3 is 6.18 Å². The number of amides is 4. The Morgan fingerprint density at radius 1 is 0.411 bits per heavy atom. The Kier molecular flexibility index (Phi) is 25.5. The maximum atomic E-state index is 13.3. The molecular formula is C87H89Cl2F3N16O13S8. The minimum atomic E-state index is -4.66. The van der Waals surface area contributed by atoms with Crippen LogP contribution in [0, 0.1) is 6.92 Å². The second kappa shape index (κ2) is 36.8. The number of aromatic hydroxyl groups is 1. The molecule has 0 aliphatic carbocycles. The van der Waals surface area contributed by atoms with Crippen LogP contribution in [-0.4, -0.2) is 159 Å². The third kappa shape index (κ3) is 19.0. The summed E-state index contributed by atoms with van der Waals surface area (Å²) in [5, 5.41) is 17.9. The van der Waals surface area contributed by atoms with Crippen LogP contribution in [0.5, 0.6) is 5.75 Å². The maximum Gasteiger partial charge on any atom is 0.434 e. The Morgan fingerprint density at radius 2 is 0.798 bits per heavy atom. The lowest BCUT2D eigenvalue weighted by atomic mass is 9.99. The molecule has 4 amide bonds. The lowest BCUT2D eigenvalue weighted by Gasteiger charge is -2.35. The fourth-order valence-corrected chi connectivity index (χ4v) is 25.1. The van der Waals surface area contributed by atoms with Gasteiger partial charge in [-0.25, -0.2) is 53.6 Å². The van der Waals surface area contributed by atoms with Gasteiger partial charge in [0.25, 0.3) is 40.1 Å². The average molecular weight is 1950 g/mol. The normalized spacial score (nSPS) is 18.5. The first-order valence-electron chi connectivity index (χ1n) is 40.8. The number of anilines is 12. The largest absolute Gasteiger partial charge is 0.508 e. The SMILES string of the molecule is Cc1ccc2c(c1)N([C@H]1CCN(c3ccc(S(=O)(=O)Nc4nccs4)cc3)C1=O)CC2.O=C1[C@@H](N2CCCc3cc(Cl)ccc32)CCN1c1ccc(S(=O)(=O)Nc2nc(C(F)(F)F)cs2)cc1.O=C1[C@@H](N2CCc3c(Cl)cccc32)CCN1c1ccc(S(=O)(=O)Nc2nccs2)cc1.O=C1[C@@H](N2CCc3c(O)cccc32)CCN1c1ccc(S(=O)(=O)Nc2nccs2)cc1.[HH].[HH].[HH].[HH]. The summed E-state index contributed by atoms with van der Waals surface area (Å²) in [4.78, 5) is 83.6. The molecule has 0 bridgehead atoms. The number of thiazole rings is 4. The number of aryl methyl sites for hydroxylation is 2. The molecule has 0 spiro atoms. The molecule has 8 aliphatic heterocycles. The second-order valence-electron chi connectivity index (χ2n) is 31.2. The summed E-state index contributed by atoms with van der Waals surface area (Å²) in [6.45, 7) is 7.36. The van der Waals surface area contributed by atoms with Gasteiger partial charge in [0.05, 0.1) is 19.6 Å². The number of phenolic OH excluding ortho intramolecular Hbond substituents is 1. The zero-order chi connectivity index (χ0) is 90.4. The highest BCUT2D eigenvalue weighted by Gasteiger charge is 2.45. The molecular weight excluding hydrogens is 1860 g/mol. The smallest absolute Gasteiger partial charge is 0.434 e. The number of sulfonamides is 4. The van der Waals surface area contributed by atoms with E-state index in [-0.39, 0.29) is 84.0 Å². The summed E-state index contributed by atoms with van der Waals surface area (Å²) < 4.78 is 148. The number of benzene rings is 8.